The van der Waals surface area contributed by atoms with E-state index in [0.29, 0.717) is 17.9 Å². The third-order valence-electron chi connectivity index (χ3n) is 3.57. The fourth-order valence-corrected chi connectivity index (χ4v) is 3.83. The van der Waals surface area contributed by atoms with Crippen LogP contribution in [0.2, 0.25) is 0 Å². The van der Waals surface area contributed by atoms with E-state index in [9.17, 15) is 21.6 Å². The van der Waals surface area contributed by atoms with Crippen molar-refractivity contribution >= 4 is 32.0 Å². The Kier molecular flexibility index (Phi) is 6.95. The highest BCUT2D eigenvalue weighted by Crippen LogP contribution is 2.16. The van der Waals surface area contributed by atoms with Crippen LogP contribution in [-0.2, 0) is 24.8 Å². The van der Waals surface area contributed by atoms with E-state index in [4.69, 9.17) is 4.74 Å². The Morgan fingerprint density at radius 2 is 1.46 bits per heavy atom. The van der Waals surface area contributed by atoms with Crippen molar-refractivity contribution in [1.29, 1.82) is 0 Å². The van der Waals surface area contributed by atoms with E-state index >= 15 is 0 Å². The molecule has 0 saturated heterocycles. The molecule has 0 radical (unpaired) electrons. The van der Waals surface area contributed by atoms with E-state index in [2.05, 4.69) is 4.72 Å². The number of sulfonamides is 2. The molecule has 1 amide bonds. The van der Waals surface area contributed by atoms with E-state index in [0.717, 1.165) is 6.08 Å². The first-order valence-corrected chi connectivity index (χ1v) is 11.2. The minimum Gasteiger partial charge on any atom is -0.494 e. The first-order valence-electron chi connectivity index (χ1n) is 8.19. The summed E-state index contributed by atoms with van der Waals surface area (Å²) >= 11 is 0. The van der Waals surface area contributed by atoms with Gasteiger partial charge in [-0.25, -0.2) is 26.3 Å². The Labute approximate surface area is 164 Å². The van der Waals surface area contributed by atoms with Gasteiger partial charge < -0.3 is 4.74 Å². The van der Waals surface area contributed by atoms with Crippen LogP contribution in [0, 0.1) is 0 Å². The number of hydrogen-bond acceptors (Lipinski definition) is 6. The first-order chi connectivity index (χ1) is 13.2. The molecule has 0 aliphatic heterocycles. The second-order valence-corrected chi connectivity index (χ2v) is 9.05. The summed E-state index contributed by atoms with van der Waals surface area (Å²) in [6.07, 6.45) is 2.42. The number of rotatable bonds is 8. The first kappa shape index (κ1) is 21.6. The normalized spacial score (nSPS) is 12.1. The number of nitrogens with one attached hydrogen (secondary N) is 2. The molecule has 2 rings (SSSR count). The molecule has 0 aliphatic rings. The Hall–Kier alpha value is -2.69. The minimum atomic E-state index is -4.02. The summed E-state index contributed by atoms with van der Waals surface area (Å²) in [4.78, 5) is 11.9. The van der Waals surface area contributed by atoms with Gasteiger partial charge in [0.15, 0.2) is 0 Å². The number of carbonyl (C=O) groups excluding carboxylic acids is 1. The van der Waals surface area contributed by atoms with Crippen molar-refractivity contribution in [3.8, 4) is 5.75 Å². The highest BCUT2D eigenvalue weighted by atomic mass is 32.2. The van der Waals surface area contributed by atoms with Gasteiger partial charge in [0, 0.05) is 6.08 Å². The summed E-state index contributed by atoms with van der Waals surface area (Å²) in [7, 11) is -6.26. The van der Waals surface area contributed by atoms with Crippen molar-refractivity contribution < 1.29 is 26.4 Å². The van der Waals surface area contributed by atoms with E-state index in [1.54, 1.807) is 0 Å². The fourth-order valence-electron chi connectivity index (χ4n) is 2.15. The summed E-state index contributed by atoms with van der Waals surface area (Å²) in [5.41, 5.74) is 0.531. The average molecular weight is 425 g/mol. The van der Waals surface area contributed by atoms with Crippen molar-refractivity contribution in [1.82, 2.24) is 9.44 Å². The quantitative estimate of drug-likeness (QED) is 0.620. The fraction of sp³-hybridized carbons (Fsp3) is 0.167. The molecule has 0 bridgehead atoms. The van der Waals surface area contributed by atoms with Crippen molar-refractivity contribution in [3.63, 3.8) is 0 Å². The van der Waals surface area contributed by atoms with Crippen molar-refractivity contribution in [2.75, 3.05) is 13.7 Å². The van der Waals surface area contributed by atoms with Crippen LogP contribution in [0.15, 0.2) is 64.4 Å². The van der Waals surface area contributed by atoms with Gasteiger partial charge in [0.1, 0.15) is 5.75 Å². The molecule has 0 aromatic heterocycles. The maximum Gasteiger partial charge on any atom is 0.264 e. The lowest BCUT2D eigenvalue weighted by atomic mass is 10.2. The molecule has 28 heavy (non-hydrogen) atoms. The summed E-state index contributed by atoms with van der Waals surface area (Å²) in [5.74, 6) is -0.308. The number of carbonyl (C=O) groups is 1. The molecule has 2 aromatic carbocycles. The average Bonchev–Trinajstić information content (AvgIpc) is 2.67. The Morgan fingerprint density at radius 1 is 0.929 bits per heavy atom. The zero-order valence-corrected chi connectivity index (χ0v) is 16.9. The van der Waals surface area contributed by atoms with Crippen LogP contribution in [0.3, 0.4) is 0 Å². The highest BCUT2D eigenvalue weighted by molar-refractivity contribution is 7.90. The van der Waals surface area contributed by atoms with Crippen LogP contribution >= 0.6 is 0 Å². The molecule has 0 unspecified atom stereocenters. The standard InChI is InChI=1S/C18H20N2O6S2/c1-3-26-15-7-11-17(12-8-15)28(24,25)20-18(21)13-6-14-4-9-16(10-5-14)27(22,23)19-2/h4-13,19H,3H2,1-2H3,(H,20,21). The van der Waals surface area contributed by atoms with Gasteiger partial charge in [-0.1, -0.05) is 12.1 Å². The Bertz CT molecular complexity index is 1060. The van der Waals surface area contributed by atoms with Crippen LogP contribution in [0.5, 0.6) is 5.75 Å². The van der Waals surface area contributed by atoms with Crippen LogP contribution in [0.25, 0.3) is 6.08 Å². The molecule has 2 N–H and O–H groups in total. The summed E-state index contributed by atoms with van der Waals surface area (Å²) < 4.78 is 57.2. The van der Waals surface area contributed by atoms with Gasteiger partial charge in [-0.05, 0) is 62.0 Å². The predicted octanol–water partition coefficient (Wildman–Crippen LogP) is 1.51. The molecular formula is C18H20N2O6S2. The predicted molar refractivity (Wildman–Crippen MR) is 105 cm³/mol. The Balaban J connectivity index is 2.06. The maximum atomic E-state index is 12.2. The molecule has 150 valence electrons. The van der Waals surface area contributed by atoms with Crippen LogP contribution in [-0.4, -0.2) is 36.4 Å². The van der Waals surface area contributed by atoms with E-state index in [1.165, 1.54) is 61.7 Å². The van der Waals surface area contributed by atoms with Crippen LogP contribution < -0.4 is 14.2 Å². The molecule has 0 aliphatic carbocycles. The zero-order chi connectivity index (χ0) is 20.8. The number of ether oxygens (including phenoxy) is 1. The van der Waals surface area contributed by atoms with Gasteiger partial charge in [-0.2, -0.15) is 0 Å². The van der Waals surface area contributed by atoms with Gasteiger partial charge in [-0.3, -0.25) is 4.79 Å². The third kappa shape index (κ3) is 5.65. The molecule has 0 saturated carbocycles. The molecular weight excluding hydrogens is 404 g/mol. The van der Waals surface area contributed by atoms with E-state index in [-0.39, 0.29) is 9.79 Å². The van der Waals surface area contributed by atoms with Gasteiger partial charge in [0.2, 0.25) is 10.0 Å². The van der Waals surface area contributed by atoms with Gasteiger partial charge in [-0.15, -0.1) is 0 Å². The van der Waals surface area contributed by atoms with Crippen molar-refractivity contribution in [3.05, 3.63) is 60.2 Å². The molecule has 8 nitrogen and oxygen atoms in total. The van der Waals surface area contributed by atoms with Crippen molar-refractivity contribution in [2.24, 2.45) is 0 Å². The lowest BCUT2D eigenvalue weighted by Gasteiger charge is -2.07. The summed E-state index contributed by atoms with van der Waals surface area (Å²) in [6.45, 7) is 2.26. The third-order valence-corrected chi connectivity index (χ3v) is 6.36. The maximum absolute atomic E-state index is 12.2. The SMILES string of the molecule is CCOc1ccc(S(=O)(=O)NC(=O)C=Cc2ccc(S(=O)(=O)NC)cc2)cc1. The highest BCUT2D eigenvalue weighted by Gasteiger charge is 2.16. The van der Waals surface area contributed by atoms with E-state index < -0.39 is 26.0 Å². The topological polar surface area (TPSA) is 119 Å². The number of benzene rings is 2. The molecule has 0 fully saturated rings. The summed E-state index contributed by atoms with van der Waals surface area (Å²) in [6, 6.07) is 11.4. The number of amides is 1. The smallest absolute Gasteiger partial charge is 0.264 e. The van der Waals surface area contributed by atoms with Crippen molar-refractivity contribution in [2.45, 2.75) is 16.7 Å². The molecule has 0 spiro atoms. The monoisotopic (exact) mass is 424 g/mol. The molecule has 0 heterocycles. The van der Waals surface area contributed by atoms with Gasteiger partial charge >= 0.3 is 0 Å². The lowest BCUT2D eigenvalue weighted by molar-refractivity contribution is -0.114. The second-order valence-electron chi connectivity index (χ2n) is 5.48. The largest absolute Gasteiger partial charge is 0.494 e. The summed E-state index contributed by atoms with van der Waals surface area (Å²) in [5, 5.41) is 0. The minimum absolute atomic E-state index is 0.0701. The van der Waals surface area contributed by atoms with Crippen LogP contribution in [0.4, 0.5) is 0 Å². The molecule has 0 atom stereocenters. The van der Waals surface area contributed by atoms with Gasteiger partial charge in [0.25, 0.3) is 15.9 Å². The molecule has 10 heteroatoms. The zero-order valence-electron chi connectivity index (χ0n) is 15.2. The second kappa shape index (κ2) is 9.00. The van der Waals surface area contributed by atoms with Gasteiger partial charge in [0.05, 0.1) is 16.4 Å². The number of hydrogen-bond donors (Lipinski definition) is 2. The lowest BCUT2D eigenvalue weighted by Crippen LogP contribution is -2.28. The Morgan fingerprint density at radius 3 is 2.00 bits per heavy atom. The van der Waals surface area contributed by atoms with Crippen LogP contribution in [0.1, 0.15) is 12.5 Å². The molecule has 2 aromatic rings. The van der Waals surface area contributed by atoms with E-state index in [1.807, 2.05) is 11.6 Å².